The monoisotopic (exact) mass is 437 g/mol. The van der Waals surface area contributed by atoms with Gasteiger partial charge < -0.3 is 26.7 Å². The maximum absolute atomic E-state index is 6.28. The highest BCUT2D eigenvalue weighted by atomic mass is 16.5. The Bertz CT molecular complexity index is 1040. The van der Waals surface area contributed by atoms with Crippen LogP contribution in [0, 0.1) is 13.8 Å². The fourth-order valence-corrected chi connectivity index (χ4v) is 3.01. The highest BCUT2D eigenvalue weighted by molar-refractivity contribution is 6.11. The number of aliphatic imine (C=N–C) groups is 1. The lowest BCUT2D eigenvalue weighted by atomic mass is 9.96. The van der Waals surface area contributed by atoms with E-state index in [0.29, 0.717) is 12.2 Å². The van der Waals surface area contributed by atoms with Crippen molar-refractivity contribution in [2.45, 2.75) is 39.7 Å². The van der Waals surface area contributed by atoms with E-state index in [4.69, 9.17) is 31.7 Å². The smallest absolute Gasteiger partial charge is 0.184 e. The first-order chi connectivity index (χ1) is 15.1. The Morgan fingerprint density at radius 1 is 1.19 bits per heavy atom. The van der Waals surface area contributed by atoms with Crippen LogP contribution in [0.1, 0.15) is 42.7 Å². The van der Waals surface area contributed by atoms with Crippen molar-refractivity contribution in [1.82, 2.24) is 4.98 Å². The van der Waals surface area contributed by atoms with Crippen molar-refractivity contribution in [1.29, 1.82) is 0 Å². The zero-order valence-corrected chi connectivity index (χ0v) is 19.9. The maximum Gasteiger partial charge on any atom is 0.184 e. The number of aryl methyl sites for hydroxylation is 2. The second-order valence-electron chi connectivity index (χ2n) is 8.25. The van der Waals surface area contributed by atoms with Crippen molar-refractivity contribution in [2.75, 3.05) is 26.5 Å². The molecule has 0 saturated heterocycles. The first kappa shape index (κ1) is 24.9. The van der Waals surface area contributed by atoms with Crippen molar-refractivity contribution in [3.8, 4) is 11.3 Å². The van der Waals surface area contributed by atoms with E-state index in [0.717, 1.165) is 45.6 Å². The molecular formula is C25H35N5O2. The van der Waals surface area contributed by atoms with Gasteiger partial charge in [-0.2, -0.15) is 0 Å². The highest BCUT2D eigenvalue weighted by Crippen LogP contribution is 2.31. The van der Waals surface area contributed by atoms with Gasteiger partial charge in [-0.1, -0.05) is 12.1 Å². The van der Waals surface area contributed by atoms with Crippen LogP contribution in [0.5, 0.6) is 0 Å². The van der Waals surface area contributed by atoms with E-state index >= 15 is 0 Å². The van der Waals surface area contributed by atoms with E-state index in [-0.39, 0.29) is 11.5 Å². The Morgan fingerprint density at radius 3 is 2.50 bits per heavy atom. The summed E-state index contributed by atoms with van der Waals surface area (Å²) in [5.41, 5.74) is 24.5. The molecule has 0 radical (unpaired) electrons. The third kappa shape index (κ3) is 6.34. The van der Waals surface area contributed by atoms with Crippen LogP contribution >= 0.6 is 0 Å². The van der Waals surface area contributed by atoms with Crippen LogP contribution in [0.15, 0.2) is 41.3 Å². The summed E-state index contributed by atoms with van der Waals surface area (Å²) in [5.74, 6) is 0.288. The number of nitrogens with zero attached hydrogens (tertiary/aromatic N) is 2. The Morgan fingerprint density at radius 2 is 1.91 bits per heavy atom. The summed E-state index contributed by atoms with van der Waals surface area (Å²) in [4.78, 5) is 9.41. The number of hydrogen-bond acceptors (Lipinski definition) is 7. The molecule has 172 valence electrons. The van der Waals surface area contributed by atoms with Gasteiger partial charge in [-0.05, 0) is 51.8 Å². The molecule has 0 aliphatic carbocycles. The number of aromatic nitrogens is 1. The highest BCUT2D eigenvalue weighted by Gasteiger charge is 2.16. The molecule has 1 aromatic carbocycles. The Hall–Kier alpha value is -3.32. The predicted octanol–water partition coefficient (Wildman–Crippen LogP) is 4.04. The Labute approximate surface area is 191 Å². The molecule has 0 fully saturated rings. The summed E-state index contributed by atoms with van der Waals surface area (Å²) in [6.45, 7) is 8.71. The summed E-state index contributed by atoms with van der Waals surface area (Å²) < 4.78 is 10.5. The van der Waals surface area contributed by atoms with Crippen molar-refractivity contribution >= 4 is 23.6 Å². The molecule has 0 unspecified atom stereocenters. The number of nitrogen functional groups attached to an aromatic ring is 1. The van der Waals surface area contributed by atoms with Gasteiger partial charge in [0.05, 0.1) is 18.4 Å². The lowest BCUT2D eigenvalue weighted by Crippen LogP contribution is -2.23. The molecule has 0 amide bonds. The summed E-state index contributed by atoms with van der Waals surface area (Å²) in [6, 6.07) is 7.80. The fraction of sp³-hybridized carbons (Fsp3) is 0.360. The molecule has 7 nitrogen and oxygen atoms in total. The Balaban J connectivity index is 2.45. The first-order valence-electron chi connectivity index (χ1n) is 10.5. The fourth-order valence-electron chi connectivity index (χ4n) is 3.01. The SMILES string of the molecule is CO/C(N)=C/c1ccc(-c2nc(C)c(C)cc2/C(C=NCCC(C)(C)OC)=C/N)cc1N. The molecule has 0 aliphatic rings. The molecule has 2 rings (SSSR count). The third-order valence-electron chi connectivity index (χ3n) is 5.48. The van der Waals surface area contributed by atoms with E-state index < -0.39 is 0 Å². The summed E-state index contributed by atoms with van der Waals surface area (Å²) in [7, 11) is 3.22. The molecule has 0 atom stereocenters. The van der Waals surface area contributed by atoms with Crippen molar-refractivity contribution in [2.24, 2.45) is 16.5 Å². The zero-order valence-electron chi connectivity index (χ0n) is 19.9. The molecule has 6 N–H and O–H groups in total. The zero-order chi connectivity index (χ0) is 23.9. The molecule has 0 bridgehead atoms. The Kier molecular flexibility index (Phi) is 8.43. The van der Waals surface area contributed by atoms with Crippen LogP contribution in [-0.4, -0.2) is 37.6 Å². The normalized spacial score (nSPS) is 13.1. The molecule has 32 heavy (non-hydrogen) atoms. The molecule has 7 heteroatoms. The minimum atomic E-state index is -0.225. The van der Waals surface area contributed by atoms with Crippen LogP contribution in [0.25, 0.3) is 22.9 Å². The number of methoxy groups -OCH3 is 2. The second kappa shape index (κ2) is 10.8. The van der Waals surface area contributed by atoms with Crippen LogP contribution in [0.3, 0.4) is 0 Å². The van der Waals surface area contributed by atoms with E-state index in [1.165, 1.54) is 7.11 Å². The molecule has 1 heterocycles. The molecular weight excluding hydrogens is 402 g/mol. The summed E-state index contributed by atoms with van der Waals surface area (Å²) in [5, 5.41) is 0. The summed E-state index contributed by atoms with van der Waals surface area (Å²) in [6.07, 6.45) is 5.83. The predicted molar refractivity (Wildman–Crippen MR) is 134 cm³/mol. The molecule has 2 aromatic rings. The molecule has 0 aliphatic heterocycles. The van der Waals surface area contributed by atoms with Crippen molar-refractivity contribution in [3.05, 3.63) is 58.7 Å². The van der Waals surface area contributed by atoms with Gasteiger partial charge >= 0.3 is 0 Å². The van der Waals surface area contributed by atoms with Gasteiger partial charge in [0.1, 0.15) is 0 Å². The lowest BCUT2D eigenvalue weighted by Gasteiger charge is -2.21. The number of ether oxygens (including phenoxy) is 2. The number of allylic oxidation sites excluding steroid dienone is 1. The number of pyridine rings is 1. The van der Waals surface area contributed by atoms with Gasteiger partial charge in [0, 0.05) is 65.8 Å². The molecule has 1 aromatic heterocycles. The van der Waals surface area contributed by atoms with Crippen molar-refractivity contribution in [3.63, 3.8) is 0 Å². The van der Waals surface area contributed by atoms with Crippen LogP contribution < -0.4 is 17.2 Å². The average Bonchev–Trinajstić information content (AvgIpc) is 2.77. The number of nitrogens with two attached hydrogens (primary N) is 3. The van der Waals surface area contributed by atoms with Gasteiger partial charge in [0.2, 0.25) is 0 Å². The minimum absolute atomic E-state index is 0.225. The van der Waals surface area contributed by atoms with E-state index in [9.17, 15) is 0 Å². The largest absolute Gasteiger partial charge is 0.483 e. The van der Waals surface area contributed by atoms with Gasteiger partial charge in [0.15, 0.2) is 5.88 Å². The molecule has 0 saturated carbocycles. The third-order valence-corrected chi connectivity index (χ3v) is 5.48. The second-order valence-corrected chi connectivity index (χ2v) is 8.25. The van der Waals surface area contributed by atoms with Gasteiger partial charge in [-0.15, -0.1) is 0 Å². The topological polar surface area (TPSA) is 122 Å². The van der Waals surface area contributed by atoms with Gasteiger partial charge in [0.25, 0.3) is 0 Å². The lowest BCUT2D eigenvalue weighted by molar-refractivity contribution is 0.0178. The van der Waals surface area contributed by atoms with E-state index in [2.05, 4.69) is 11.1 Å². The average molecular weight is 438 g/mol. The number of benzene rings is 1. The standard InChI is InChI=1S/C25H35N5O2/c1-16-11-21(20(14-26)15-29-10-9-25(3,4)32-6)24(30-17(16)2)19-8-7-18(22(27)12-19)13-23(28)31-5/h7-8,11-15H,9-10,26-28H2,1-6H3/b20-14+,23-13+,29-15?. The minimum Gasteiger partial charge on any atom is -0.483 e. The first-order valence-corrected chi connectivity index (χ1v) is 10.5. The van der Waals surface area contributed by atoms with Crippen molar-refractivity contribution < 1.29 is 9.47 Å². The van der Waals surface area contributed by atoms with Gasteiger partial charge in [-0.3, -0.25) is 9.98 Å². The van der Waals surface area contributed by atoms with Crippen LogP contribution in [0.2, 0.25) is 0 Å². The van der Waals surface area contributed by atoms with Crippen LogP contribution in [0.4, 0.5) is 5.69 Å². The van der Waals surface area contributed by atoms with E-state index in [1.54, 1.807) is 25.6 Å². The summed E-state index contributed by atoms with van der Waals surface area (Å²) >= 11 is 0. The quantitative estimate of drug-likeness (QED) is 0.309. The van der Waals surface area contributed by atoms with E-state index in [1.807, 2.05) is 45.9 Å². The number of hydrogen-bond donors (Lipinski definition) is 3. The van der Waals surface area contributed by atoms with Crippen LogP contribution in [-0.2, 0) is 9.47 Å². The number of rotatable bonds is 9. The maximum atomic E-state index is 6.28. The van der Waals surface area contributed by atoms with Gasteiger partial charge in [-0.25, -0.2) is 0 Å². The molecule has 0 spiro atoms. The number of anilines is 1.